The van der Waals surface area contributed by atoms with Crippen LogP contribution in [0.15, 0.2) is 30.3 Å². The van der Waals surface area contributed by atoms with E-state index in [1.165, 1.54) is 57.8 Å². The summed E-state index contributed by atoms with van der Waals surface area (Å²) in [6.07, 6.45) is 13.0. The smallest absolute Gasteiger partial charge is 0.0162 e. The Balaban J connectivity index is 1.94. The van der Waals surface area contributed by atoms with Crippen LogP contribution in [0, 0.1) is 0 Å². The van der Waals surface area contributed by atoms with Crippen LogP contribution < -0.4 is 0 Å². The lowest BCUT2D eigenvalue weighted by Gasteiger charge is -2.18. The van der Waals surface area contributed by atoms with Crippen LogP contribution in [0.3, 0.4) is 0 Å². The Labute approximate surface area is 100 Å². The molecule has 0 heteroatoms. The van der Waals surface area contributed by atoms with E-state index in [0.29, 0.717) is 0 Å². The largest absolute Gasteiger partial charge is 0.0622 e. The van der Waals surface area contributed by atoms with E-state index in [9.17, 15) is 0 Å². The first-order valence-electron chi connectivity index (χ1n) is 7.02. The normalized spacial score (nSPS) is 20.5. The highest BCUT2D eigenvalue weighted by molar-refractivity contribution is 5.19. The number of benzene rings is 1. The van der Waals surface area contributed by atoms with Crippen molar-refractivity contribution >= 4 is 0 Å². The third-order valence-electron chi connectivity index (χ3n) is 3.88. The molecular formula is C16H24. The van der Waals surface area contributed by atoms with Crippen LogP contribution in [0.2, 0.25) is 0 Å². The second-order valence-electron chi connectivity index (χ2n) is 5.16. The summed E-state index contributed by atoms with van der Waals surface area (Å²) in [6, 6.07) is 11.1. The zero-order valence-corrected chi connectivity index (χ0v) is 10.3. The van der Waals surface area contributed by atoms with Gasteiger partial charge in [-0.3, -0.25) is 0 Å². The average Bonchev–Trinajstić information content (AvgIpc) is 2.37. The second kappa shape index (κ2) is 6.73. The van der Waals surface area contributed by atoms with Crippen molar-refractivity contribution in [3.63, 3.8) is 0 Å². The number of hydrogen-bond acceptors (Lipinski definition) is 0. The first-order chi connectivity index (χ1) is 7.97. The third-order valence-corrected chi connectivity index (χ3v) is 3.88. The Morgan fingerprint density at radius 3 is 1.69 bits per heavy atom. The lowest BCUT2D eigenvalue weighted by molar-refractivity contribution is 0.463. The molecule has 2 rings (SSSR count). The maximum absolute atomic E-state index is 2.32. The number of rotatable bonds is 1. The molecule has 1 fully saturated rings. The quantitative estimate of drug-likeness (QED) is 0.598. The van der Waals surface area contributed by atoms with Gasteiger partial charge in [0.2, 0.25) is 0 Å². The molecule has 1 aliphatic rings. The van der Waals surface area contributed by atoms with Gasteiger partial charge in [-0.2, -0.15) is 0 Å². The van der Waals surface area contributed by atoms with E-state index < -0.39 is 0 Å². The van der Waals surface area contributed by atoms with Crippen LogP contribution in [-0.4, -0.2) is 0 Å². The molecule has 0 aromatic heterocycles. The minimum atomic E-state index is 0.833. The summed E-state index contributed by atoms with van der Waals surface area (Å²) in [7, 11) is 0. The summed E-state index contributed by atoms with van der Waals surface area (Å²) in [6.45, 7) is 0. The topological polar surface area (TPSA) is 0 Å². The van der Waals surface area contributed by atoms with Crippen molar-refractivity contribution < 1.29 is 0 Å². The summed E-state index contributed by atoms with van der Waals surface area (Å²) in [5.41, 5.74) is 1.57. The molecule has 0 atom stereocenters. The van der Waals surface area contributed by atoms with Gasteiger partial charge in [-0.05, 0) is 24.3 Å². The van der Waals surface area contributed by atoms with Crippen molar-refractivity contribution in [3.8, 4) is 0 Å². The summed E-state index contributed by atoms with van der Waals surface area (Å²) in [4.78, 5) is 0. The highest BCUT2D eigenvalue weighted by Gasteiger charge is 2.11. The maximum atomic E-state index is 2.32. The molecule has 0 nitrogen and oxygen atoms in total. The Morgan fingerprint density at radius 2 is 1.12 bits per heavy atom. The lowest BCUT2D eigenvalue weighted by Crippen LogP contribution is -2.00. The summed E-state index contributed by atoms with van der Waals surface area (Å²) in [5.74, 6) is 0.833. The molecule has 0 bridgehead atoms. The molecule has 0 unspecified atom stereocenters. The summed E-state index contributed by atoms with van der Waals surface area (Å²) >= 11 is 0. The fraction of sp³-hybridized carbons (Fsp3) is 0.625. The number of hydrogen-bond donors (Lipinski definition) is 0. The van der Waals surface area contributed by atoms with Crippen LogP contribution in [0.1, 0.15) is 69.3 Å². The predicted molar refractivity (Wildman–Crippen MR) is 70.7 cm³/mol. The molecule has 1 aromatic rings. The minimum absolute atomic E-state index is 0.833. The fourth-order valence-electron chi connectivity index (χ4n) is 2.87. The van der Waals surface area contributed by atoms with Gasteiger partial charge >= 0.3 is 0 Å². The molecule has 0 saturated heterocycles. The van der Waals surface area contributed by atoms with Gasteiger partial charge in [-0.25, -0.2) is 0 Å². The van der Waals surface area contributed by atoms with Crippen molar-refractivity contribution in [2.24, 2.45) is 0 Å². The fourth-order valence-corrected chi connectivity index (χ4v) is 2.87. The highest BCUT2D eigenvalue weighted by Crippen LogP contribution is 2.29. The molecule has 0 amide bonds. The average molecular weight is 216 g/mol. The van der Waals surface area contributed by atoms with Gasteiger partial charge in [0.1, 0.15) is 0 Å². The lowest BCUT2D eigenvalue weighted by atomic mass is 9.87. The van der Waals surface area contributed by atoms with Gasteiger partial charge in [-0.15, -0.1) is 0 Å². The van der Waals surface area contributed by atoms with Crippen molar-refractivity contribution in [1.82, 2.24) is 0 Å². The molecule has 0 heterocycles. The standard InChI is InChI=1S/C16H24/c1-2-4-7-11-15(12-8-5-3-1)16-13-9-6-10-14-16/h6,9-10,13-15H,1-5,7-8,11-12H2. The van der Waals surface area contributed by atoms with Gasteiger partial charge in [0.05, 0.1) is 0 Å². The van der Waals surface area contributed by atoms with E-state index in [4.69, 9.17) is 0 Å². The Kier molecular flexibility index (Phi) is 4.92. The first-order valence-corrected chi connectivity index (χ1v) is 7.02. The van der Waals surface area contributed by atoms with Gasteiger partial charge in [0.15, 0.2) is 0 Å². The van der Waals surface area contributed by atoms with E-state index in [1.807, 2.05) is 0 Å². The van der Waals surface area contributed by atoms with Crippen molar-refractivity contribution in [3.05, 3.63) is 35.9 Å². The van der Waals surface area contributed by atoms with Gasteiger partial charge < -0.3 is 0 Å². The molecule has 0 radical (unpaired) electrons. The molecule has 16 heavy (non-hydrogen) atoms. The third kappa shape index (κ3) is 3.66. The Bertz CT molecular complexity index is 265. The SMILES string of the molecule is c1ccc(C2CCCCCCCCC2)cc1. The van der Waals surface area contributed by atoms with E-state index in [1.54, 1.807) is 5.56 Å². The van der Waals surface area contributed by atoms with Crippen molar-refractivity contribution in [2.45, 2.75) is 63.7 Å². The Morgan fingerprint density at radius 1 is 0.625 bits per heavy atom. The van der Waals surface area contributed by atoms with E-state index in [0.717, 1.165) is 5.92 Å². The second-order valence-corrected chi connectivity index (χ2v) is 5.16. The van der Waals surface area contributed by atoms with Gasteiger partial charge in [0.25, 0.3) is 0 Å². The van der Waals surface area contributed by atoms with Gasteiger partial charge in [-0.1, -0.05) is 75.3 Å². The molecule has 1 saturated carbocycles. The van der Waals surface area contributed by atoms with Crippen LogP contribution in [0.5, 0.6) is 0 Å². The molecule has 1 aliphatic carbocycles. The molecule has 88 valence electrons. The molecule has 1 aromatic carbocycles. The van der Waals surface area contributed by atoms with Gasteiger partial charge in [0, 0.05) is 0 Å². The first kappa shape index (κ1) is 11.7. The van der Waals surface area contributed by atoms with Crippen molar-refractivity contribution in [1.29, 1.82) is 0 Å². The van der Waals surface area contributed by atoms with E-state index in [2.05, 4.69) is 30.3 Å². The maximum Gasteiger partial charge on any atom is -0.0162 e. The zero-order chi connectivity index (χ0) is 11.1. The molecule has 0 aliphatic heterocycles. The monoisotopic (exact) mass is 216 g/mol. The van der Waals surface area contributed by atoms with Crippen LogP contribution >= 0.6 is 0 Å². The van der Waals surface area contributed by atoms with Crippen LogP contribution in [0.25, 0.3) is 0 Å². The minimum Gasteiger partial charge on any atom is -0.0622 e. The molecule has 0 N–H and O–H groups in total. The van der Waals surface area contributed by atoms with Crippen LogP contribution in [-0.2, 0) is 0 Å². The van der Waals surface area contributed by atoms with E-state index in [-0.39, 0.29) is 0 Å². The zero-order valence-electron chi connectivity index (χ0n) is 10.3. The molecular weight excluding hydrogens is 192 g/mol. The highest BCUT2D eigenvalue weighted by atomic mass is 14.2. The van der Waals surface area contributed by atoms with E-state index >= 15 is 0 Å². The Hall–Kier alpha value is -0.780. The summed E-state index contributed by atoms with van der Waals surface area (Å²) in [5, 5.41) is 0. The molecule has 0 spiro atoms. The summed E-state index contributed by atoms with van der Waals surface area (Å²) < 4.78 is 0. The van der Waals surface area contributed by atoms with Crippen LogP contribution in [0.4, 0.5) is 0 Å². The predicted octanol–water partition coefficient (Wildman–Crippen LogP) is 5.29. The van der Waals surface area contributed by atoms with Crippen molar-refractivity contribution in [2.75, 3.05) is 0 Å².